The molecule has 1 atom stereocenters. The van der Waals surface area contributed by atoms with Crippen molar-refractivity contribution >= 4 is 16.0 Å². The molecule has 0 spiro atoms. The molecule has 7 nitrogen and oxygen atoms in total. The van der Waals surface area contributed by atoms with Crippen molar-refractivity contribution in [2.45, 2.75) is 31.7 Å². The predicted molar refractivity (Wildman–Crippen MR) is 68.7 cm³/mol. The number of aromatic nitrogens is 3. The van der Waals surface area contributed by atoms with E-state index in [-0.39, 0.29) is 11.7 Å². The van der Waals surface area contributed by atoms with Gasteiger partial charge in [-0.05, 0) is 25.8 Å². The summed E-state index contributed by atoms with van der Waals surface area (Å²) >= 11 is 0. The van der Waals surface area contributed by atoms with E-state index >= 15 is 0 Å². The van der Waals surface area contributed by atoms with Crippen LogP contribution in [0.2, 0.25) is 0 Å². The zero-order valence-electron chi connectivity index (χ0n) is 10.5. The van der Waals surface area contributed by atoms with Crippen molar-refractivity contribution < 1.29 is 8.42 Å². The number of sulfonamides is 1. The van der Waals surface area contributed by atoms with Crippen LogP contribution in [0.15, 0.2) is 6.33 Å². The lowest BCUT2D eigenvalue weighted by Crippen LogP contribution is -2.36. The van der Waals surface area contributed by atoms with Crippen LogP contribution in [0.4, 0.5) is 5.95 Å². The SMILES string of the molecule is Cn1ncnc1NS(=O)(=O)CCC1CCCCN1. The highest BCUT2D eigenvalue weighted by Gasteiger charge is 2.18. The summed E-state index contributed by atoms with van der Waals surface area (Å²) in [7, 11) is -1.69. The number of nitrogens with zero attached hydrogens (tertiary/aromatic N) is 3. The van der Waals surface area contributed by atoms with Gasteiger partial charge in [0.15, 0.2) is 0 Å². The van der Waals surface area contributed by atoms with E-state index in [0.717, 1.165) is 13.0 Å². The summed E-state index contributed by atoms with van der Waals surface area (Å²) in [6, 6.07) is 0.315. The Morgan fingerprint density at radius 3 is 3.00 bits per heavy atom. The lowest BCUT2D eigenvalue weighted by molar-refractivity contribution is 0.393. The first-order valence-electron chi connectivity index (χ1n) is 6.15. The van der Waals surface area contributed by atoms with Gasteiger partial charge >= 0.3 is 0 Å². The molecule has 1 fully saturated rings. The summed E-state index contributed by atoms with van der Waals surface area (Å²) in [6.45, 7) is 0.988. The van der Waals surface area contributed by atoms with Gasteiger partial charge in [-0.2, -0.15) is 10.1 Å². The highest BCUT2D eigenvalue weighted by molar-refractivity contribution is 7.92. The summed E-state index contributed by atoms with van der Waals surface area (Å²) in [6.07, 6.45) is 5.36. The molecular formula is C10H19N5O2S. The van der Waals surface area contributed by atoms with E-state index < -0.39 is 10.0 Å². The molecule has 1 aliphatic heterocycles. The predicted octanol–water partition coefficient (Wildman–Crippen LogP) is 0.0890. The molecule has 2 N–H and O–H groups in total. The van der Waals surface area contributed by atoms with Gasteiger partial charge in [0.2, 0.25) is 16.0 Å². The molecule has 0 amide bonds. The van der Waals surface area contributed by atoms with E-state index in [9.17, 15) is 8.42 Å². The third-order valence-electron chi connectivity index (χ3n) is 3.11. The molecule has 8 heteroatoms. The minimum atomic E-state index is -3.34. The highest BCUT2D eigenvalue weighted by atomic mass is 32.2. The molecule has 0 radical (unpaired) electrons. The van der Waals surface area contributed by atoms with Crippen LogP contribution in [0.1, 0.15) is 25.7 Å². The zero-order chi connectivity index (χ0) is 13.0. The summed E-state index contributed by atoms with van der Waals surface area (Å²) in [5, 5.41) is 7.15. The Hall–Kier alpha value is -1.15. The maximum atomic E-state index is 11.9. The van der Waals surface area contributed by atoms with Gasteiger partial charge in [-0.25, -0.2) is 13.1 Å². The summed E-state index contributed by atoms with van der Waals surface area (Å²) in [5.74, 6) is 0.365. The van der Waals surface area contributed by atoms with Gasteiger partial charge in [0.05, 0.1) is 5.75 Å². The molecule has 1 aromatic heterocycles. The van der Waals surface area contributed by atoms with E-state index in [1.807, 2.05) is 0 Å². The van der Waals surface area contributed by atoms with Crippen LogP contribution in [0.5, 0.6) is 0 Å². The molecule has 1 saturated heterocycles. The third-order valence-corrected chi connectivity index (χ3v) is 4.37. The maximum absolute atomic E-state index is 11.9. The fraction of sp³-hybridized carbons (Fsp3) is 0.800. The van der Waals surface area contributed by atoms with Crippen LogP contribution >= 0.6 is 0 Å². The van der Waals surface area contributed by atoms with Gasteiger partial charge in [-0.3, -0.25) is 4.72 Å². The number of piperidine rings is 1. The zero-order valence-corrected chi connectivity index (χ0v) is 11.3. The number of nitrogens with one attached hydrogen (secondary N) is 2. The Kier molecular flexibility index (Phi) is 4.18. The minimum absolute atomic E-state index is 0.109. The number of hydrogen-bond donors (Lipinski definition) is 2. The van der Waals surface area contributed by atoms with Gasteiger partial charge in [-0.15, -0.1) is 0 Å². The molecule has 1 unspecified atom stereocenters. The molecule has 0 saturated carbocycles. The first-order valence-corrected chi connectivity index (χ1v) is 7.80. The monoisotopic (exact) mass is 273 g/mol. The van der Waals surface area contributed by atoms with Crippen molar-refractivity contribution in [1.29, 1.82) is 0 Å². The van der Waals surface area contributed by atoms with Gasteiger partial charge < -0.3 is 5.32 Å². The van der Waals surface area contributed by atoms with Crippen molar-refractivity contribution in [1.82, 2.24) is 20.1 Å². The molecule has 2 heterocycles. The molecule has 18 heavy (non-hydrogen) atoms. The van der Waals surface area contributed by atoms with E-state index in [2.05, 4.69) is 20.1 Å². The van der Waals surface area contributed by atoms with Crippen LogP contribution in [0.3, 0.4) is 0 Å². The van der Waals surface area contributed by atoms with E-state index in [1.54, 1.807) is 7.05 Å². The first kappa shape index (κ1) is 13.3. The molecule has 102 valence electrons. The Morgan fingerprint density at radius 2 is 2.39 bits per heavy atom. The van der Waals surface area contributed by atoms with Crippen LogP contribution in [0.25, 0.3) is 0 Å². The third kappa shape index (κ3) is 3.67. The van der Waals surface area contributed by atoms with Crippen molar-refractivity contribution in [2.24, 2.45) is 7.05 Å². The molecule has 0 bridgehead atoms. The Labute approximate surface area is 107 Å². The van der Waals surface area contributed by atoms with Crippen LogP contribution in [-0.2, 0) is 17.1 Å². The van der Waals surface area contributed by atoms with E-state index in [1.165, 1.54) is 23.9 Å². The second-order valence-electron chi connectivity index (χ2n) is 4.56. The molecule has 0 aromatic carbocycles. The summed E-state index contributed by atoms with van der Waals surface area (Å²) in [5.41, 5.74) is 0. The largest absolute Gasteiger partial charge is 0.314 e. The molecule has 0 aliphatic carbocycles. The first-order chi connectivity index (χ1) is 8.57. The Bertz CT molecular complexity index is 478. The Morgan fingerprint density at radius 1 is 1.56 bits per heavy atom. The van der Waals surface area contributed by atoms with Crippen molar-refractivity contribution in [3.05, 3.63) is 6.33 Å². The normalized spacial score (nSPS) is 20.8. The lowest BCUT2D eigenvalue weighted by Gasteiger charge is -2.23. The minimum Gasteiger partial charge on any atom is -0.314 e. The number of anilines is 1. The second-order valence-corrected chi connectivity index (χ2v) is 6.41. The molecular weight excluding hydrogens is 254 g/mol. The quantitative estimate of drug-likeness (QED) is 0.793. The molecule has 1 aromatic rings. The standard InChI is InChI=1S/C10H19N5O2S/c1-15-10(12-8-13-15)14-18(16,17)7-5-9-4-2-3-6-11-9/h8-9,11H,2-7H2,1H3,(H,12,13,14). The van der Waals surface area contributed by atoms with Crippen molar-refractivity contribution in [3.8, 4) is 0 Å². The second kappa shape index (κ2) is 5.66. The average molecular weight is 273 g/mol. The summed E-state index contributed by atoms with van der Waals surface area (Å²) < 4.78 is 27.6. The maximum Gasteiger partial charge on any atom is 0.235 e. The van der Waals surface area contributed by atoms with Crippen LogP contribution in [-0.4, -0.2) is 41.5 Å². The van der Waals surface area contributed by atoms with Gasteiger partial charge in [-0.1, -0.05) is 6.42 Å². The smallest absolute Gasteiger partial charge is 0.235 e. The average Bonchev–Trinajstić information content (AvgIpc) is 2.73. The van der Waals surface area contributed by atoms with Crippen LogP contribution in [0, 0.1) is 0 Å². The number of hydrogen-bond acceptors (Lipinski definition) is 5. The fourth-order valence-corrected chi connectivity index (χ4v) is 3.21. The van der Waals surface area contributed by atoms with Crippen molar-refractivity contribution in [3.63, 3.8) is 0 Å². The Balaban J connectivity index is 1.85. The summed E-state index contributed by atoms with van der Waals surface area (Å²) in [4.78, 5) is 3.84. The van der Waals surface area contributed by atoms with E-state index in [4.69, 9.17) is 0 Å². The van der Waals surface area contributed by atoms with Crippen molar-refractivity contribution in [2.75, 3.05) is 17.0 Å². The molecule has 2 rings (SSSR count). The molecule has 1 aliphatic rings. The number of aryl methyl sites for hydroxylation is 1. The van der Waals surface area contributed by atoms with Gasteiger partial charge in [0.1, 0.15) is 6.33 Å². The highest BCUT2D eigenvalue weighted by Crippen LogP contribution is 2.12. The van der Waals surface area contributed by atoms with E-state index in [0.29, 0.717) is 12.5 Å². The fourth-order valence-electron chi connectivity index (χ4n) is 2.05. The number of rotatable bonds is 5. The van der Waals surface area contributed by atoms with Crippen LogP contribution < -0.4 is 10.0 Å². The topological polar surface area (TPSA) is 88.9 Å². The van der Waals surface area contributed by atoms with Gasteiger partial charge in [0.25, 0.3) is 0 Å². The van der Waals surface area contributed by atoms with Gasteiger partial charge in [0, 0.05) is 13.1 Å². The lowest BCUT2D eigenvalue weighted by atomic mass is 10.0.